The quantitative estimate of drug-likeness (QED) is 0.497. The standard InChI is InChI=1S/C18H25N3O5/c1-10-2-4-12(5-3-10)21-18(25)19-9-14-17(24)16(23)13(26-14)8-15(22)20-11-6-7-11/h2-5,11,13-14,16-17,23-24H,6-9H2,1H3,(H,20,22)(H2,19,21,25)/t13-,14+,16-,17+/m0/s1. The number of hydrogen-bond acceptors (Lipinski definition) is 5. The van der Waals surface area contributed by atoms with Crippen molar-refractivity contribution in [2.24, 2.45) is 0 Å². The first-order valence-corrected chi connectivity index (χ1v) is 8.85. The van der Waals surface area contributed by atoms with Crippen LogP contribution in [0.2, 0.25) is 0 Å². The van der Waals surface area contributed by atoms with Gasteiger partial charge in [0.15, 0.2) is 0 Å². The third kappa shape index (κ3) is 4.94. The number of carbonyl (C=O) groups excluding carboxylic acids is 2. The number of rotatable bonds is 6. The minimum absolute atomic E-state index is 0.0131. The van der Waals surface area contributed by atoms with Crippen molar-refractivity contribution in [3.05, 3.63) is 29.8 Å². The molecule has 1 heterocycles. The van der Waals surface area contributed by atoms with E-state index in [9.17, 15) is 19.8 Å². The van der Waals surface area contributed by atoms with Crippen molar-refractivity contribution < 1.29 is 24.5 Å². The molecule has 0 bridgehead atoms. The van der Waals surface area contributed by atoms with E-state index in [1.807, 2.05) is 19.1 Å². The minimum atomic E-state index is -1.16. The average molecular weight is 363 g/mol. The SMILES string of the molecule is Cc1ccc(NC(=O)NC[C@H]2O[C@@H](CC(=O)NC3CC3)[C@H](O)[C@@H]2O)cc1. The fourth-order valence-electron chi connectivity index (χ4n) is 2.87. The molecular formula is C18H25N3O5. The van der Waals surface area contributed by atoms with Crippen LogP contribution in [-0.2, 0) is 9.53 Å². The number of anilines is 1. The van der Waals surface area contributed by atoms with Gasteiger partial charge in [-0.3, -0.25) is 4.79 Å². The summed E-state index contributed by atoms with van der Waals surface area (Å²) in [7, 11) is 0. The smallest absolute Gasteiger partial charge is 0.319 e. The number of aliphatic hydroxyl groups is 2. The molecule has 8 heteroatoms. The molecule has 2 aliphatic rings. The van der Waals surface area contributed by atoms with Crippen molar-refractivity contribution in [2.45, 2.75) is 56.6 Å². The zero-order valence-electron chi connectivity index (χ0n) is 14.6. The lowest BCUT2D eigenvalue weighted by Gasteiger charge is -2.16. The second-order valence-electron chi connectivity index (χ2n) is 6.94. The normalized spacial score (nSPS) is 27.8. The number of urea groups is 1. The summed E-state index contributed by atoms with van der Waals surface area (Å²) in [6.45, 7) is 1.98. The van der Waals surface area contributed by atoms with Crippen molar-refractivity contribution in [3.8, 4) is 0 Å². The van der Waals surface area contributed by atoms with Crippen molar-refractivity contribution >= 4 is 17.6 Å². The topological polar surface area (TPSA) is 120 Å². The van der Waals surface area contributed by atoms with Crippen LogP contribution in [0.4, 0.5) is 10.5 Å². The van der Waals surface area contributed by atoms with Crippen molar-refractivity contribution in [1.82, 2.24) is 10.6 Å². The van der Waals surface area contributed by atoms with Crippen LogP contribution in [0.15, 0.2) is 24.3 Å². The van der Waals surface area contributed by atoms with Gasteiger partial charge in [0, 0.05) is 18.3 Å². The molecule has 1 aromatic carbocycles. The highest BCUT2D eigenvalue weighted by Crippen LogP contribution is 2.24. The monoisotopic (exact) mass is 363 g/mol. The zero-order chi connectivity index (χ0) is 18.7. The van der Waals surface area contributed by atoms with E-state index in [0.717, 1.165) is 18.4 Å². The predicted octanol–water partition coefficient (Wildman–Crippen LogP) is 0.274. The number of amides is 3. The Morgan fingerprint density at radius 2 is 1.77 bits per heavy atom. The molecule has 8 nitrogen and oxygen atoms in total. The first-order chi connectivity index (χ1) is 12.4. The lowest BCUT2D eigenvalue weighted by Crippen LogP contribution is -2.41. The molecule has 4 atom stereocenters. The molecule has 1 aliphatic carbocycles. The molecule has 142 valence electrons. The Labute approximate surface area is 151 Å². The van der Waals surface area contributed by atoms with E-state index >= 15 is 0 Å². The molecule has 26 heavy (non-hydrogen) atoms. The fourth-order valence-corrected chi connectivity index (χ4v) is 2.87. The Morgan fingerprint density at radius 1 is 1.12 bits per heavy atom. The zero-order valence-corrected chi connectivity index (χ0v) is 14.6. The highest BCUT2D eigenvalue weighted by atomic mass is 16.5. The number of nitrogens with one attached hydrogen (secondary N) is 3. The summed E-state index contributed by atoms with van der Waals surface area (Å²) in [5.41, 5.74) is 1.74. The molecule has 0 spiro atoms. The Bertz CT molecular complexity index is 647. The van der Waals surface area contributed by atoms with E-state index in [1.165, 1.54) is 0 Å². The van der Waals surface area contributed by atoms with E-state index < -0.39 is 30.4 Å². The lowest BCUT2D eigenvalue weighted by atomic mass is 10.1. The molecule has 1 saturated carbocycles. The van der Waals surface area contributed by atoms with Crippen LogP contribution in [0.1, 0.15) is 24.8 Å². The molecule has 3 amide bonds. The van der Waals surface area contributed by atoms with Gasteiger partial charge in [0.2, 0.25) is 5.91 Å². The molecule has 1 saturated heterocycles. The maximum atomic E-state index is 11.9. The van der Waals surface area contributed by atoms with Gasteiger partial charge in [0.05, 0.1) is 12.5 Å². The number of carbonyl (C=O) groups is 2. The number of ether oxygens (including phenoxy) is 1. The van der Waals surface area contributed by atoms with Gasteiger partial charge in [-0.25, -0.2) is 4.79 Å². The number of benzene rings is 1. The number of aryl methyl sites for hydroxylation is 1. The predicted molar refractivity (Wildman–Crippen MR) is 94.7 cm³/mol. The van der Waals surface area contributed by atoms with E-state index in [0.29, 0.717) is 5.69 Å². The molecule has 0 unspecified atom stereocenters. The van der Waals surface area contributed by atoms with Gasteiger partial charge in [-0.1, -0.05) is 17.7 Å². The third-order valence-electron chi connectivity index (χ3n) is 4.56. The van der Waals surface area contributed by atoms with Crippen LogP contribution >= 0.6 is 0 Å². The summed E-state index contributed by atoms with van der Waals surface area (Å²) >= 11 is 0. The van der Waals surface area contributed by atoms with E-state index in [1.54, 1.807) is 12.1 Å². The summed E-state index contributed by atoms with van der Waals surface area (Å²) in [6.07, 6.45) is -1.93. The van der Waals surface area contributed by atoms with Gasteiger partial charge in [-0.05, 0) is 31.9 Å². The summed E-state index contributed by atoms with van der Waals surface area (Å²) in [6, 6.07) is 7.13. The lowest BCUT2D eigenvalue weighted by molar-refractivity contribution is -0.125. The van der Waals surface area contributed by atoms with E-state index in [4.69, 9.17) is 4.74 Å². The van der Waals surface area contributed by atoms with Crippen molar-refractivity contribution in [3.63, 3.8) is 0 Å². The Hall–Kier alpha value is -2.16. The van der Waals surface area contributed by atoms with Crippen LogP contribution < -0.4 is 16.0 Å². The minimum Gasteiger partial charge on any atom is -0.388 e. The first-order valence-electron chi connectivity index (χ1n) is 8.85. The largest absolute Gasteiger partial charge is 0.388 e. The van der Waals surface area contributed by atoms with Gasteiger partial charge in [0.25, 0.3) is 0 Å². The van der Waals surface area contributed by atoms with Crippen LogP contribution in [-0.4, -0.2) is 59.2 Å². The second-order valence-corrected chi connectivity index (χ2v) is 6.94. The molecule has 0 aromatic heterocycles. The summed E-state index contributed by atoms with van der Waals surface area (Å²) in [4.78, 5) is 23.8. The summed E-state index contributed by atoms with van der Waals surface area (Å²) in [5, 5.41) is 28.3. The first kappa shape index (κ1) is 18.6. The van der Waals surface area contributed by atoms with Gasteiger partial charge < -0.3 is 30.9 Å². The molecule has 0 radical (unpaired) electrons. The van der Waals surface area contributed by atoms with Crippen LogP contribution in [0, 0.1) is 6.92 Å². The molecule has 3 rings (SSSR count). The van der Waals surface area contributed by atoms with Crippen molar-refractivity contribution in [2.75, 3.05) is 11.9 Å². The van der Waals surface area contributed by atoms with Crippen LogP contribution in [0.5, 0.6) is 0 Å². The van der Waals surface area contributed by atoms with Gasteiger partial charge in [-0.2, -0.15) is 0 Å². The third-order valence-corrected chi connectivity index (χ3v) is 4.56. The molecule has 1 aliphatic heterocycles. The van der Waals surface area contributed by atoms with Gasteiger partial charge in [0.1, 0.15) is 18.3 Å². The Morgan fingerprint density at radius 3 is 2.42 bits per heavy atom. The molecule has 2 fully saturated rings. The summed E-state index contributed by atoms with van der Waals surface area (Å²) in [5.74, 6) is -0.200. The van der Waals surface area contributed by atoms with Crippen LogP contribution in [0.25, 0.3) is 0 Å². The fraction of sp³-hybridized carbons (Fsp3) is 0.556. The van der Waals surface area contributed by atoms with E-state index in [-0.39, 0.29) is 24.9 Å². The molecular weight excluding hydrogens is 338 g/mol. The van der Waals surface area contributed by atoms with Gasteiger partial charge >= 0.3 is 6.03 Å². The highest BCUT2D eigenvalue weighted by molar-refractivity contribution is 5.89. The maximum absolute atomic E-state index is 11.9. The van der Waals surface area contributed by atoms with Crippen LogP contribution in [0.3, 0.4) is 0 Å². The average Bonchev–Trinajstić information content (AvgIpc) is 3.37. The highest BCUT2D eigenvalue weighted by Gasteiger charge is 2.43. The van der Waals surface area contributed by atoms with Gasteiger partial charge in [-0.15, -0.1) is 0 Å². The summed E-state index contributed by atoms with van der Waals surface area (Å²) < 4.78 is 5.57. The Balaban J connectivity index is 1.44. The Kier molecular flexibility index (Phi) is 5.75. The van der Waals surface area contributed by atoms with Crippen molar-refractivity contribution in [1.29, 1.82) is 0 Å². The maximum Gasteiger partial charge on any atom is 0.319 e. The molecule has 1 aromatic rings. The molecule has 5 N–H and O–H groups in total. The van der Waals surface area contributed by atoms with E-state index in [2.05, 4.69) is 16.0 Å². The number of hydrogen-bond donors (Lipinski definition) is 5. The number of aliphatic hydroxyl groups excluding tert-OH is 2. The second kappa shape index (κ2) is 8.03.